The van der Waals surface area contributed by atoms with Gasteiger partial charge in [0, 0.05) is 12.4 Å². The molecule has 3 heteroatoms. The van der Waals surface area contributed by atoms with Gasteiger partial charge in [0.25, 0.3) is 5.91 Å². The molecule has 0 unspecified atom stereocenters. The molecule has 0 bridgehead atoms. The van der Waals surface area contributed by atoms with Gasteiger partial charge in [-0.05, 0) is 18.1 Å². The van der Waals surface area contributed by atoms with Gasteiger partial charge < -0.3 is 5.73 Å². The van der Waals surface area contributed by atoms with Gasteiger partial charge >= 0.3 is 0 Å². The SMILES string of the molecule is CCc1ccncc1C(N)=O. The molecule has 0 aromatic carbocycles. The molecular weight excluding hydrogens is 140 g/mol. The summed E-state index contributed by atoms with van der Waals surface area (Å²) in [5, 5.41) is 0. The molecule has 0 fully saturated rings. The van der Waals surface area contributed by atoms with Crippen molar-refractivity contribution in [1.29, 1.82) is 0 Å². The van der Waals surface area contributed by atoms with Crippen molar-refractivity contribution in [1.82, 2.24) is 4.98 Å². The molecule has 2 N–H and O–H groups in total. The highest BCUT2D eigenvalue weighted by atomic mass is 16.1. The number of nitrogens with zero attached hydrogens (tertiary/aromatic N) is 1. The molecule has 0 spiro atoms. The lowest BCUT2D eigenvalue weighted by molar-refractivity contribution is 0.0999. The van der Waals surface area contributed by atoms with Crippen molar-refractivity contribution >= 4 is 5.91 Å². The minimum Gasteiger partial charge on any atom is -0.366 e. The second-order valence-electron chi connectivity index (χ2n) is 2.25. The molecule has 1 aromatic rings. The number of primary amides is 1. The van der Waals surface area contributed by atoms with Crippen LogP contribution in [0.1, 0.15) is 22.8 Å². The number of carbonyl (C=O) groups excluding carboxylic acids is 1. The van der Waals surface area contributed by atoms with Crippen molar-refractivity contribution in [3.8, 4) is 0 Å². The number of rotatable bonds is 2. The van der Waals surface area contributed by atoms with Gasteiger partial charge in [-0.2, -0.15) is 0 Å². The smallest absolute Gasteiger partial charge is 0.250 e. The second-order valence-corrected chi connectivity index (χ2v) is 2.25. The average Bonchev–Trinajstić information content (AvgIpc) is 2.04. The van der Waals surface area contributed by atoms with Crippen LogP contribution >= 0.6 is 0 Å². The predicted molar refractivity (Wildman–Crippen MR) is 42.1 cm³/mol. The molecule has 1 heterocycles. The summed E-state index contributed by atoms with van der Waals surface area (Å²) >= 11 is 0. The van der Waals surface area contributed by atoms with Crippen LogP contribution in [0, 0.1) is 0 Å². The van der Waals surface area contributed by atoms with Gasteiger partial charge in [0.15, 0.2) is 0 Å². The Balaban J connectivity index is 3.12. The molecule has 0 saturated heterocycles. The maximum atomic E-state index is 10.8. The molecule has 58 valence electrons. The van der Waals surface area contributed by atoms with Gasteiger partial charge in [-0.15, -0.1) is 0 Å². The van der Waals surface area contributed by atoms with Gasteiger partial charge in [-0.1, -0.05) is 6.92 Å². The van der Waals surface area contributed by atoms with Gasteiger partial charge in [-0.3, -0.25) is 9.78 Å². The summed E-state index contributed by atoms with van der Waals surface area (Å²) in [6.07, 6.45) is 3.97. The lowest BCUT2D eigenvalue weighted by atomic mass is 10.1. The number of aryl methyl sites for hydroxylation is 1. The van der Waals surface area contributed by atoms with Crippen LogP contribution in [0.4, 0.5) is 0 Å². The van der Waals surface area contributed by atoms with E-state index in [1.165, 1.54) is 6.20 Å². The zero-order chi connectivity index (χ0) is 8.27. The molecule has 3 nitrogen and oxygen atoms in total. The average molecular weight is 150 g/mol. The normalized spacial score (nSPS) is 9.55. The topological polar surface area (TPSA) is 56.0 Å². The molecule has 11 heavy (non-hydrogen) atoms. The summed E-state index contributed by atoms with van der Waals surface area (Å²) in [7, 11) is 0. The van der Waals surface area contributed by atoms with E-state index in [1.807, 2.05) is 6.92 Å². The molecular formula is C8H10N2O. The third-order valence-electron chi connectivity index (χ3n) is 1.56. The summed E-state index contributed by atoms with van der Waals surface area (Å²) in [6, 6.07) is 1.81. The number of hydrogen-bond acceptors (Lipinski definition) is 2. The molecule has 0 aliphatic carbocycles. The molecule has 1 aromatic heterocycles. The van der Waals surface area contributed by atoms with Crippen LogP contribution in [0.25, 0.3) is 0 Å². The number of carbonyl (C=O) groups is 1. The van der Waals surface area contributed by atoms with Crippen molar-refractivity contribution in [2.45, 2.75) is 13.3 Å². The number of amides is 1. The molecule has 0 aliphatic heterocycles. The summed E-state index contributed by atoms with van der Waals surface area (Å²) in [5.41, 5.74) is 6.59. The summed E-state index contributed by atoms with van der Waals surface area (Å²) in [4.78, 5) is 14.6. The lowest BCUT2D eigenvalue weighted by Crippen LogP contribution is -2.13. The Morgan fingerprint density at radius 3 is 2.91 bits per heavy atom. The third-order valence-corrected chi connectivity index (χ3v) is 1.56. The van der Waals surface area contributed by atoms with E-state index in [4.69, 9.17) is 5.73 Å². The number of nitrogens with two attached hydrogens (primary N) is 1. The van der Waals surface area contributed by atoms with Gasteiger partial charge in [0.05, 0.1) is 5.56 Å². The summed E-state index contributed by atoms with van der Waals surface area (Å²) < 4.78 is 0. The second kappa shape index (κ2) is 3.14. The Morgan fingerprint density at radius 2 is 2.45 bits per heavy atom. The molecule has 0 radical (unpaired) electrons. The van der Waals surface area contributed by atoms with Crippen molar-refractivity contribution < 1.29 is 4.79 Å². The first-order valence-electron chi connectivity index (χ1n) is 3.48. The maximum absolute atomic E-state index is 10.8. The zero-order valence-electron chi connectivity index (χ0n) is 6.37. The Labute approximate surface area is 65.2 Å². The fourth-order valence-corrected chi connectivity index (χ4v) is 0.953. The van der Waals surface area contributed by atoms with E-state index in [1.54, 1.807) is 12.3 Å². The van der Waals surface area contributed by atoms with E-state index < -0.39 is 5.91 Å². The highest BCUT2D eigenvalue weighted by molar-refractivity contribution is 5.93. The van der Waals surface area contributed by atoms with E-state index in [-0.39, 0.29) is 0 Å². The van der Waals surface area contributed by atoms with Crippen molar-refractivity contribution in [3.63, 3.8) is 0 Å². The number of aromatic nitrogens is 1. The minimum absolute atomic E-state index is 0.407. The fourth-order valence-electron chi connectivity index (χ4n) is 0.953. The van der Waals surface area contributed by atoms with Gasteiger partial charge in [0.2, 0.25) is 0 Å². The van der Waals surface area contributed by atoms with E-state index >= 15 is 0 Å². The first-order valence-corrected chi connectivity index (χ1v) is 3.48. The zero-order valence-corrected chi connectivity index (χ0v) is 6.37. The largest absolute Gasteiger partial charge is 0.366 e. The highest BCUT2D eigenvalue weighted by Crippen LogP contribution is 2.05. The lowest BCUT2D eigenvalue weighted by Gasteiger charge is -2.00. The predicted octanol–water partition coefficient (Wildman–Crippen LogP) is 0.743. The number of hydrogen-bond donors (Lipinski definition) is 1. The standard InChI is InChI=1S/C8H10N2O/c1-2-6-3-4-10-5-7(6)8(9)11/h3-5H,2H2,1H3,(H2,9,11). The van der Waals surface area contributed by atoms with Crippen molar-refractivity contribution in [3.05, 3.63) is 29.6 Å². The van der Waals surface area contributed by atoms with Crippen LogP contribution in [0.3, 0.4) is 0 Å². The van der Waals surface area contributed by atoms with Gasteiger partial charge in [0.1, 0.15) is 0 Å². The Kier molecular flexibility index (Phi) is 2.21. The summed E-state index contributed by atoms with van der Waals surface area (Å²) in [6.45, 7) is 1.97. The first kappa shape index (κ1) is 7.72. The molecule has 0 saturated carbocycles. The van der Waals surface area contributed by atoms with E-state index in [2.05, 4.69) is 4.98 Å². The maximum Gasteiger partial charge on any atom is 0.250 e. The summed E-state index contributed by atoms with van der Waals surface area (Å²) in [5.74, 6) is -0.407. The van der Waals surface area contributed by atoms with Crippen LogP contribution in [0.2, 0.25) is 0 Å². The van der Waals surface area contributed by atoms with Crippen molar-refractivity contribution in [2.75, 3.05) is 0 Å². The Morgan fingerprint density at radius 1 is 1.73 bits per heavy atom. The van der Waals surface area contributed by atoms with E-state index in [0.29, 0.717) is 5.56 Å². The fraction of sp³-hybridized carbons (Fsp3) is 0.250. The quantitative estimate of drug-likeness (QED) is 0.676. The molecule has 1 amide bonds. The minimum atomic E-state index is -0.407. The first-order chi connectivity index (χ1) is 5.25. The Bertz CT molecular complexity index is 271. The van der Waals surface area contributed by atoms with Crippen LogP contribution in [-0.2, 0) is 6.42 Å². The molecule has 0 atom stereocenters. The molecule has 1 rings (SSSR count). The third kappa shape index (κ3) is 1.55. The van der Waals surface area contributed by atoms with Crippen molar-refractivity contribution in [2.24, 2.45) is 5.73 Å². The van der Waals surface area contributed by atoms with E-state index in [9.17, 15) is 4.79 Å². The van der Waals surface area contributed by atoms with Crippen LogP contribution in [-0.4, -0.2) is 10.9 Å². The monoisotopic (exact) mass is 150 g/mol. The molecule has 0 aliphatic rings. The number of pyridine rings is 1. The highest BCUT2D eigenvalue weighted by Gasteiger charge is 2.04. The van der Waals surface area contributed by atoms with Crippen LogP contribution < -0.4 is 5.73 Å². The Hall–Kier alpha value is -1.38. The van der Waals surface area contributed by atoms with Crippen LogP contribution in [0.5, 0.6) is 0 Å². The van der Waals surface area contributed by atoms with Gasteiger partial charge in [-0.25, -0.2) is 0 Å². The van der Waals surface area contributed by atoms with E-state index in [0.717, 1.165) is 12.0 Å². The van der Waals surface area contributed by atoms with Crippen LogP contribution in [0.15, 0.2) is 18.5 Å².